The van der Waals surface area contributed by atoms with Gasteiger partial charge in [-0.05, 0) is 31.2 Å². The van der Waals surface area contributed by atoms with Crippen molar-refractivity contribution in [3.8, 4) is 0 Å². The lowest BCUT2D eigenvalue weighted by molar-refractivity contribution is -0.137. The second kappa shape index (κ2) is 7.86. The van der Waals surface area contributed by atoms with Gasteiger partial charge in [-0.1, -0.05) is 42.1 Å². The Bertz CT molecular complexity index is 1040. The van der Waals surface area contributed by atoms with Crippen LogP contribution in [0.25, 0.3) is 10.3 Å². The number of methoxy groups -OCH3 is 1. The maximum Gasteiger partial charge on any atom is 0.316 e. The molecular weight excluding hydrogens is 380 g/mol. The SMILES string of the molecule is COC(=O)CSc1nc2c(=O)c3c(sc2n1CCc1ccccc1)CCC3. The number of carbonyl (C=O) groups is 1. The van der Waals surface area contributed by atoms with Crippen LogP contribution < -0.4 is 5.43 Å². The summed E-state index contributed by atoms with van der Waals surface area (Å²) in [4.78, 5) is 31.2. The zero-order valence-corrected chi connectivity index (χ0v) is 16.7. The minimum atomic E-state index is -0.296. The van der Waals surface area contributed by atoms with Gasteiger partial charge in [0.15, 0.2) is 5.16 Å². The van der Waals surface area contributed by atoms with E-state index in [9.17, 15) is 9.59 Å². The van der Waals surface area contributed by atoms with Crippen LogP contribution in [0, 0.1) is 0 Å². The largest absolute Gasteiger partial charge is 0.468 e. The molecule has 0 bridgehead atoms. The van der Waals surface area contributed by atoms with Crippen LogP contribution in [0.4, 0.5) is 0 Å². The van der Waals surface area contributed by atoms with Crippen LogP contribution in [0.15, 0.2) is 40.3 Å². The van der Waals surface area contributed by atoms with Crippen LogP contribution in [0.1, 0.15) is 22.4 Å². The summed E-state index contributed by atoms with van der Waals surface area (Å²) in [6.07, 6.45) is 3.71. The third-order valence-corrected chi connectivity index (χ3v) is 7.03. The summed E-state index contributed by atoms with van der Waals surface area (Å²) >= 11 is 3.02. The number of thioether (sulfide) groups is 1. The number of fused-ring (bicyclic) bond motifs is 2. The minimum Gasteiger partial charge on any atom is -0.468 e. The summed E-state index contributed by atoms with van der Waals surface area (Å²) in [6.45, 7) is 0.721. The molecule has 0 fully saturated rings. The Labute approximate surface area is 165 Å². The summed E-state index contributed by atoms with van der Waals surface area (Å²) in [5, 5.41) is 0.711. The molecule has 7 heteroatoms. The fourth-order valence-corrected chi connectivity index (χ4v) is 5.61. The molecule has 0 N–H and O–H groups in total. The molecule has 0 saturated carbocycles. The quantitative estimate of drug-likeness (QED) is 0.468. The highest BCUT2D eigenvalue weighted by Crippen LogP contribution is 2.32. The molecule has 1 aromatic carbocycles. The minimum absolute atomic E-state index is 0.0645. The average molecular weight is 401 g/mol. The van der Waals surface area contributed by atoms with E-state index >= 15 is 0 Å². The first-order valence-corrected chi connectivity index (χ1v) is 10.8. The standard InChI is InChI=1S/C20H20N2O3S2/c1-25-16(23)12-26-20-21-17-18(24)14-8-5-9-15(14)27-19(17)22(20)11-10-13-6-3-2-4-7-13/h2-4,6-7H,5,8-12H2,1H3. The van der Waals surface area contributed by atoms with E-state index in [4.69, 9.17) is 4.74 Å². The van der Waals surface area contributed by atoms with E-state index in [1.807, 2.05) is 18.2 Å². The molecule has 2 heterocycles. The normalized spacial score (nSPS) is 13.1. The van der Waals surface area contributed by atoms with Crippen LogP contribution in [0.2, 0.25) is 0 Å². The van der Waals surface area contributed by atoms with Crippen LogP contribution in [0.5, 0.6) is 0 Å². The maximum atomic E-state index is 12.9. The Morgan fingerprint density at radius 2 is 2.11 bits per heavy atom. The Morgan fingerprint density at radius 1 is 1.30 bits per heavy atom. The topological polar surface area (TPSA) is 61.2 Å². The average Bonchev–Trinajstić information content (AvgIpc) is 3.30. The van der Waals surface area contributed by atoms with Gasteiger partial charge in [0.1, 0.15) is 10.3 Å². The predicted octanol–water partition coefficient (Wildman–Crippen LogP) is 3.45. The van der Waals surface area contributed by atoms with E-state index < -0.39 is 0 Å². The highest BCUT2D eigenvalue weighted by atomic mass is 32.2. The van der Waals surface area contributed by atoms with E-state index in [2.05, 4.69) is 21.7 Å². The van der Waals surface area contributed by atoms with E-state index in [0.717, 1.165) is 42.6 Å². The van der Waals surface area contributed by atoms with Crippen molar-refractivity contribution in [3.63, 3.8) is 0 Å². The maximum absolute atomic E-state index is 12.9. The van der Waals surface area contributed by atoms with Crippen molar-refractivity contribution in [2.75, 3.05) is 12.9 Å². The molecule has 5 nitrogen and oxygen atoms in total. The number of aryl methyl sites for hydroxylation is 3. The summed E-state index contributed by atoms with van der Waals surface area (Å²) in [6, 6.07) is 10.3. The molecule has 3 aromatic rings. The molecule has 0 spiro atoms. The summed E-state index contributed by atoms with van der Waals surface area (Å²) in [5.41, 5.74) is 2.78. The van der Waals surface area contributed by atoms with Crippen molar-refractivity contribution >= 4 is 39.4 Å². The van der Waals surface area contributed by atoms with Gasteiger partial charge < -0.3 is 9.30 Å². The Morgan fingerprint density at radius 3 is 2.89 bits per heavy atom. The lowest BCUT2D eigenvalue weighted by atomic mass is 10.1. The van der Waals surface area contributed by atoms with Gasteiger partial charge >= 0.3 is 5.97 Å². The third kappa shape index (κ3) is 3.66. The number of hydrogen-bond acceptors (Lipinski definition) is 6. The number of aromatic nitrogens is 2. The number of nitrogens with zero attached hydrogens (tertiary/aromatic N) is 2. The second-order valence-electron chi connectivity index (χ2n) is 6.49. The van der Waals surface area contributed by atoms with Gasteiger partial charge in [0.2, 0.25) is 5.43 Å². The van der Waals surface area contributed by atoms with E-state index in [-0.39, 0.29) is 17.2 Å². The monoisotopic (exact) mass is 400 g/mol. The van der Waals surface area contributed by atoms with Gasteiger partial charge in [0, 0.05) is 17.0 Å². The number of ether oxygens (including phenoxy) is 1. The lowest BCUT2D eigenvalue weighted by Crippen LogP contribution is -2.08. The molecule has 140 valence electrons. The number of benzene rings is 1. The first-order chi connectivity index (χ1) is 13.2. The van der Waals surface area contributed by atoms with Crippen molar-refractivity contribution in [1.29, 1.82) is 0 Å². The van der Waals surface area contributed by atoms with Crippen LogP contribution in [0.3, 0.4) is 0 Å². The lowest BCUT2D eigenvalue weighted by Gasteiger charge is -2.09. The number of imidazole rings is 1. The van der Waals surface area contributed by atoms with Gasteiger partial charge in [-0.2, -0.15) is 0 Å². The number of hydrogen-bond donors (Lipinski definition) is 0. The number of esters is 1. The molecule has 1 aliphatic carbocycles. The third-order valence-electron chi connectivity index (χ3n) is 4.78. The van der Waals surface area contributed by atoms with Crippen LogP contribution in [-0.2, 0) is 35.3 Å². The highest BCUT2D eigenvalue weighted by molar-refractivity contribution is 7.99. The fourth-order valence-electron chi connectivity index (χ4n) is 3.37. The van der Waals surface area contributed by atoms with Gasteiger partial charge in [-0.3, -0.25) is 9.59 Å². The molecule has 1 aliphatic rings. The van der Waals surface area contributed by atoms with Crippen molar-refractivity contribution in [3.05, 3.63) is 56.6 Å². The number of carbonyl (C=O) groups excluding carboxylic acids is 1. The Hall–Kier alpha value is -2.12. The van der Waals surface area contributed by atoms with Crippen molar-refractivity contribution in [1.82, 2.24) is 9.55 Å². The molecule has 0 atom stereocenters. The van der Waals surface area contributed by atoms with Crippen molar-refractivity contribution in [2.24, 2.45) is 0 Å². The molecule has 27 heavy (non-hydrogen) atoms. The van der Waals surface area contributed by atoms with E-state index in [1.54, 1.807) is 11.3 Å². The molecular formula is C20H20N2O3S2. The molecule has 4 rings (SSSR count). The molecule has 0 radical (unpaired) electrons. The Kier molecular flexibility index (Phi) is 5.31. The van der Waals surface area contributed by atoms with Crippen molar-refractivity contribution in [2.45, 2.75) is 37.4 Å². The zero-order valence-electron chi connectivity index (χ0n) is 15.1. The van der Waals surface area contributed by atoms with Crippen molar-refractivity contribution < 1.29 is 9.53 Å². The zero-order chi connectivity index (χ0) is 18.8. The van der Waals surface area contributed by atoms with Gasteiger partial charge in [-0.25, -0.2) is 4.98 Å². The van der Waals surface area contributed by atoms with Gasteiger partial charge in [0.25, 0.3) is 0 Å². The number of rotatable bonds is 6. The van der Waals surface area contributed by atoms with E-state index in [0.29, 0.717) is 10.7 Å². The fraction of sp³-hybridized carbons (Fsp3) is 0.350. The molecule has 2 aromatic heterocycles. The summed E-state index contributed by atoms with van der Waals surface area (Å²) in [7, 11) is 1.38. The molecule has 0 amide bonds. The van der Waals surface area contributed by atoms with Crippen LogP contribution >= 0.6 is 23.1 Å². The summed E-state index contributed by atoms with van der Waals surface area (Å²) < 4.78 is 6.85. The molecule has 0 saturated heterocycles. The van der Waals surface area contributed by atoms with E-state index in [1.165, 1.54) is 29.3 Å². The highest BCUT2D eigenvalue weighted by Gasteiger charge is 2.23. The van der Waals surface area contributed by atoms with Crippen LogP contribution in [-0.4, -0.2) is 28.4 Å². The molecule has 0 unspecified atom stereocenters. The van der Waals surface area contributed by atoms with Gasteiger partial charge in [-0.15, -0.1) is 11.3 Å². The summed E-state index contributed by atoms with van der Waals surface area (Å²) in [5.74, 6) is -0.112. The first-order valence-electron chi connectivity index (χ1n) is 8.96. The smallest absolute Gasteiger partial charge is 0.316 e. The molecule has 0 aliphatic heterocycles. The second-order valence-corrected chi connectivity index (χ2v) is 8.51. The first kappa shape index (κ1) is 18.3. The van der Waals surface area contributed by atoms with Gasteiger partial charge in [0.05, 0.1) is 12.9 Å². The Balaban J connectivity index is 1.73. The predicted molar refractivity (Wildman–Crippen MR) is 109 cm³/mol.